The number of benzene rings is 1. The summed E-state index contributed by atoms with van der Waals surface area (Å²) in [5.41, 5.74) is 1.04. The minimum absolute atomic E-state index is 0.0258. The van der Waals surface area contributed by atoms with E-state index in [1.807, 2.05) is 37.3 Å². The van der Waals surface area contributed by atoms with Gasteiger partial charge in [-0.05, 0) is 38.4 Å². The maximum Gasteiger partial charge on any atom is 0.407 e. The van der Waals surface area contributed by atoms with Crippen LogP contribution in [0.15, 0.2) is 30.3 Å². The van der Waals surface area contributed by atoms with Crippen molar-refractivity contribution in [1.82, 2.24) is 10.6 Å². The fraction of sp³-hybridized carbons (Fsp3) is 0.588. The van der Waals surface area contributed by atoms with Crippen molar-refractivity contribution in [2.45, 2.75) is 38.5 Å². The number of piperidine rings is 1. The van der Waals surface area contributed by atoms with Crippen molar-refractivity contribution in [2.24, 2.45) is 5.41 Å². The van der Waals surface area contributed by atoms with Crippen LogP contribution in [0.4, 0.5) is 4.79 Å². The van der Waals surface area contributed by atoms with E-state index in [4.69, 9.17) is 9.47 Å². The first kappa shape index (κ1) is 15.3. The van der Waals surface area contributed by atoms with Gasteiger partial charge in [0.05, 0.1) is 18.8 Å². The zero-order valence-corrected chi connectivity index (χ0v) is 13.0. The summed E-state index contributed by atoms with van der Waals surface area (Å²) in [5.74, 6) is 0. The van der Waals surface area contributed by atoms with Gasteiger partial charge in [0.25, 0.3) is 0 Å². The molecule has 2 N–H and O–H groups in total. The Hall–Kier alpha value is -1.59. The number of ether oxygens (including phenoxy) is 2. The first-order chi connectivity index (χ1) is 10.7. The summed E-state index contributed by atoms with van der Waals surface area (Å²) in [6.07, 6.45) is 1.73. The van der Waals surface area contributed by atoms with Gasteiger partial charge in [-0.1, -0.05) is 30.3 Å². The molecule has 1 aromatic carbocycles. The molecule has 0 saturated carbocycles. The molecule has 120 valence electrons. The van der Waals surface area contributed by atoms with Crippen LogP contribution < -0.4 is 10.6 Å². The summed E-state index contributed by atoms with van der Waals surface area (Å²) in [6.45, 7) is 5.00. The van der Waals surface area contributed by atoms with E-state index >= 15 is 0 Å². The Morgan fingerprint density at radius 3 is 2.82 bits per heavy atom. The first-order valence-electron chi connectivity index (χ1n) is 7.99. The van der Waals surface area contributed by atoms with E-state index < -0.39 is 0 Å². The van der Waals surface area contributed by atoms with Gasteiger partial charge in [0, 0.05) is 5.41 Å². The lowest BCUT2D eigenvalue weighted by Crippen LogP contribution is -2.53. The van der Waals surface area contributed by atoms with Gasteiger partial charge in [-0.15, -0.1) is 0 Å². The molecule has 0 radical (unpaired) electrons. The van der Waals surface area contributed by atoms with Crippen LogP contribution >= 0.6 is 0 Å². The standard InChI is InChI=1S/C17H24N2O3/c1-13-15(17(12-22-13)7-9-18-10-8-17)19-16(20)21-11-14-5-3-2-4-6-14/h2-6,13,15,18H,7-12H2,1H3,(H,19,20)/t13-,15-/m0/s1. The number of alkyl carbamates (subject to hydrolysis) is 1. The van der Waals surface area contributed by atoms with Crippen molar-refractivity contribution in [2.75, 3.05) is 19.7 Å². The normalized spacial score (nSPS) is 26.8. The van der Waals surface area contributed by atoms with Crippen LogP contribution in [0, 0.1) is 5.41 Å². The molecule has 0 aliphatic carbocycles. The highest BCUT2D eigenvalue weighted by Gasteiger charge is 2.49. The smallest absolute Gasteiger partial charge is 0.407 e. The van der Waals surface area contributed by atoms with Crippen molar-refractivity contribution >= 4 is 6.09 Å². The van der Waals surface area contributed by atoms with Crippen LogP contribution in [0.3, 0.4) is 0 Å². The third-order valence-corrected chi connectivity index (χ3v) is 4.85. The zero-order chi connectivity index (χ0) is 15.4. The molecule has 5 heteroatoms. The monoisotopic (exact) mass is 304 g/mol. The number of nitrogens with one attached hydrogen (secondary N) is 2. The Morgan fingerprint density at radius 1 is 1.36 bits per heavy atom. The third-order valence-electron chi connectivity index (χ3n) is 4.85. The third kappa shape index (κ3) is 3.25. The number of carbonyl (C=O) groups excluding carboxylic acids is 1. The van der Waals surface area contributed by atoms with Crippen LogP contribution in [-0.2, 0) is 16.1 Å². The SMILES string of the molecule is C[C@@H]1OCC2(CCNCC2)[C@H]1NC(=O)OCc1ccccc1. The Labute approximate surface area is 131 Å². The molecule has 1 amide bonds. The number of carbonyl (C=O) groups is 1. The van der Waals surface area contributed by atoms with E-state index in [1.165, 1.54) is 0 Å². The molecule has 1 aromatic rings. The van der Waals surface area contributed by atoms with Crippen molar-refractivity contribution in [3.63, 3.8) is 0 Å². The Balaban J connectivity index is 1.57. The molecule has 2 aliphatic heterocycles. The van der Waals surface area contributed by atoms with Gasteiger partial charge in [0.1, 0.15) is 6.61 Å². The molecule has 0 unspecified atom stereocenters. The number of rotatable bonds is 3. The predicted octanol–water partition coefficient (Wildman–Crippen LogP) is 2.07. The van der Waals surface area contributed by atoms with Crippen LogP contribution in [0.25, 0.3) is 0 Å². The number of amides is 1. The summed E-state index contributed by atoms with van der Waals surface area (Å²) in [5, 5.41) is 6.42. The van der Waals surface area contributed by atoms with E-state index in [2.05, 4.69) is 10.6 Å². The second-order valence-corrected chi connectivity index (χ2v) is 6.31. The van der Waals surface area contributed by atoms with E-state index in [9.17, 15) is 4.79 Å². The Kier molecular flexibility index (Phi) is 4.64. The van der Waals surface area contributed by atoms with E-state index in [0.717, 1.165) is 38.1 Å². The number of hydrogen-bond donors (Lipinski definition) is 2. The van der Waals surface area contributed by atoms with Gasteiger partial charge in [0.15, 0.2) is 0 Å². The molecule has 5 nitrogen and oxygen atoms in total. The van der Waals surface area contributed by atoms with Crippen molar-refractivity contribution in [3.8, 4) is 0 Å². The highest BCUT2D eigenvalue weighted by atomic mass is 16.5. The summed E-state index contributed by atoms with van der Waals surface area (Å²) >= 11 is 0. The van der Waals surface area contributed by atoms with Gasteiger partial charge in [-0.2, -0.15) is 0 Å². The lowest BCUT2D eigenvalue weighted by Gasteiger charge is -2.38. The molecule has 2 heterocycles. The predicted molar refractivity (Wildman–Crippen MR) is 83.5 cm³/mol. The van der Waals surface area contributed by atoms with Gasteiger partial charge in [-0.3, -0.25) is 0 Å². The molecule has 2 aliphatic rings. The molecule has 2 saturated heterocycles. The minimum atomic E-state index is -0.357. The lowest BCUT2D eigenvalue weighted by atomic mass is 9.73. The average Bonchev–Trinajstić information content (AvgIpc) is 2.84. The van der Waals surface area contributed by atoms with Crippen LogP contribution in [0.5, 0.6) is 0 Å². The van der Waals surface area contributed by atoms with Gasteiger partial charge < -0.3 is 20.1 Å². The molecule has 22 heavy (non-hydrogen) atoms. The molecule has 3 rings (SSSR count). The quantitative estimate of drug-likeness (QED) is 0.897. The van der Waals surface area contributed by atoms with Gasteiger partial charge in [-0.25, -0.2) is 4.79 Å². The Bertz CT molecular complexity index is 494. The maximum absolute atomic E-state index is 12.1. The summed E-state index contributed by atoms with van der Waals surface area (Å²) in [7, 11) is 0. The first-order valence-corrected chi connectivity index (χ1v) is 7.99. The second kappa shape index (κ2) is 6.67. The molecular weight excluding hydrogens is 280 g/mol. The Morgan fingerprint density at radius 2 is 2.09 bits per heavy atom. The molecule has 0 aromatic heterocycles. The van der Waals surface area contributed by atoms with Crippen LogP contribution in [-0.4, -0.2) is 37.9 Å². The van der Waals surface area contributed by atoms with E-state index in [1.54, 1.807) is 0 Å². The van der Waals surface area contributed by atoms with Crippen LogP contribution in [0.1, 0.15) is 25.3 Å². The minimum Gasteiger partial charge on any atom is -0.445 e. The average molecular weight is 304 g/mol. The van der Waals surface area contributed by atoms with E-state index in [-0.39, 0.29) is 23.7 Å². The highest BCUT2D eigenvalue weighted by molar-refractivity contribution is 5.68. The molecule has 2 atom stereocenters. The van der Waals surface area contributed by atoms with Crippen molar-refractivity contribution in [3.05, 3.63) is 35.9 Å². The summed E-state index contributed by atoms with van der Waals surface area (Å²) < 4.78 is 11.2. The van der Waals surface area contributed by atoms with Crippen LogP contribution in [0.2, 0.25) is 0 Å². The summed E-state index contributed by atoms with van der Waals surface area (Å²) in [4.78, 5) is 12.1. The molecular formula is C17H24N2O3. The molecule has 2 fully saturated rings. The second-order valence-electron chi connectivity index (χ2n) is 6.31. The fourth-order valence-electron chi connectivity index (χ4n) is 3.52. The van der Waals surface area contributed by atoms with Crippen molar-refractivity contribution < 1.29 is 14.3 Å². The molecule has 1 spiro atoms. The largest absolute Gasteiger partial charge is 0.445 e. The zero-order valence-electron chi connectivity index (χ0n) is 13.0. The van der Waals surface area contributed by atoms with Gasteiger partial charge in [0.2, 0.25) is 0 Å². The van der Waals surface area contributed by atoms with Gasteiger partial charge >= 0.3 is 6.09 Å². The fourth-order valence-corrected chi connectivity index (χ4v) is 3.52. The lowest BCUT2D eigenvalue weighted by molar-refractivity contribution is 0.0948. The number of hydrogen-bond acceptors (Lipinski definition) is 4. The molecule has 0 bridgehead atoms. The summed E-state index contributed by atoms with van der Waals surface area (Å²) in [6, 6.07) is 9.74. The van der Waals surface area contributed by atoms with Crippen molar-refractivity contribution in [1.29, 1.82) is 0 Å². The topological polar surface area (TPSA) is 59.6 Å². The van der Waals surface area contributed by atoms with E-state index in [0.29, 0.717) is 6.61 Å². The highest BCUT2D eigenvalue weighted by Crippen LogP contribution is 2.40. The maximum atomic E-state index is 12.1.